The minimum absolute atomic E-state index is 0.548. The monoisotopic (exact) mass is 398 g/mol. The lowest BCUT2D eigenvalue weighted by Gasteiger charge is -2.21. The van der Waals surface area contributed by atoms with Gasteiger partial charge in [0, 0.05) is 12.2 Å². The summed E-state index contributed by atoms with van der Waals surface area (Å²) >= 11 is 0. The van der Waals surface area contributed by atoms with Crippen LogP contribution >= 0.6 is 0 Å². The fraction of sp³-hybridized carbons (Fsp3) is 0.167. The number of fused-ring (bicyclic) bond motifs is 3. The maximum absolute atomic E-state index is 5.94. The molecule has 0 aliphatic carbocycles. The van der Waals surface area contributed by atoms with E-state index < -0.39 is 0 Å². The molecule has 1 aliphatic heterocycles. The summed E-state index contributed by atoms with van der Waals surface area (Å²) in [6.45, 7) is 4.05. The highest BCUT2D eigenvalue weighted by Crippen LogP contribution is 2.39. The Balaban J connectivity index is 1.36. The molecule has 0 saturated carbocycles. The Bertz CT molecular complexity index is 1190. The van der Waals surface area contributed by atoms with Crippen molar-refractivity contribution >= 4 is 28.1 Å². The second kappa shape index (κ2) is 7.91. The summed E-state index contributed by atoms with van der Waals surface area (Å²) in [4.78, 5) is 8.84. The Kier molecular flexibility index (Phi) is 4.81. The number of nitrogens with zero attached hydrogens (tertiary/aromatic N) is 2. The minimum Gasteiger partial charge on any atom is -0.489 e. The Labute approximate surface area is 174 Å². The molecule has 1 aliphatic rings. The van der Waals surface area contributed by atoms with E-state index in [1.807, 2.05) is 48.5 Å². The van der Waals surface area contributed by atoms with Crippen molar-refractivity contribution in [1.82, 2.24) is 9.97 Å². The van der Waals surface area contributed by atoms with Gasteiger partial charge in [-0.05, 0) is 54.4 Å². The van der Waals surface area contributed by atoms with E-state index in [4.69, 9.17) is 9.47 Å². The molecule has 0 spiro atoms. The van der Waals surface area contributed by atoms with Crippen molar-refractivity contribution in [3.63, 3.8) is 0 Å². The minimum atomic E-state index is 0.548. The largest absolute Gasteiger partial charge is 0.489 e. The molecule has 0 radical (unpaired) electrons. The highest BCUT2D eigenvalue weighted by atomic mass is 16.5. The molecule has 2 N–H and O–H groups in total. The number of anilines is 3. The molecule has 0 atom stereocenters. The molecule has 4 aromatic rings. The van der Waals surface area contributed by atoms with Gasteiger partial charge in [-0.15, -0.1) is 0 Å². The van der Waals surface area contributed by atoms with Crippen LogP contribution in [0.1, 0.15) is 11.1 Å². The smallest absolute Gasteiger partial charge is 0.155 e. The second-order valence-electron chi connectivity index (χ2n) is 7.20. The van der Waals surface area contributed by atoms with Gasteiger partial charge in [0.1, 0.15) is 31.1 Å². The fourth-order valence-electron chi connectivity index (χ4n) is 3.55. The molecule has 1 aromatic heterocycles. The van der Waals surface area contributed by atoms with Gasteiger partial charge in [0.2, 0.25) is 0 Å². The van der Waals surface area contributed by atoms with Crippen molar-refractivity contribution in [3.05, 3.63) is 78.1 Å². The average Bonchev–Trinajstić information content (AvgIpc) is 2.79. The topological polar surface area (TPSA) is 68.3 Å². The van der Waals surface area contributed by atoms with Gasteiger partial charge in [-0.2, -0.15) is 0 Å². The molecular formula is C24H22N4O2. The molecule has 6 heteroatoms. The second-order valence-corrected chi connectivity index (χ2v) is 7.20. The van der Waals surface area contributed by atoms with Gasteiger partial charge in [-0.25, -0.2) is 9.97 Å². The lowest BCUT2D eigenvalue weighted by molar-refractivity contribution is 0.305. The Hall–Kier alpha value is -3.80. The molecule has 5 rings (SSSR count). The zero-order valence-electron chi connectivity index (χ0n) is 16.7. The van der Waals surface area contributed by atoms with Crippen molar-refractivity contribution in [2.75, 3.05) is 23.8 Å². The molecule has 0 unspecified atom stereocenters. The van der Waals surface area contributed by atoms with Crippen LogP contribution in [0.2, 0.25) is 0 Å². The summed E-state index contributed by atoms with van der Waals surface area (Å²) in [6.07, 6.45) is 1.56. The number of hydrogen-bond donors (Lipinski definition) is 2. The average molecular weight is 398 g/mol. The van der Waals surface area contributed by atoms with E-state index in [1.54, 1.807) is 6.33 Å². The Morgan fingerprint density at radius 3 is 2.77 bits per heavy atom. The zero-order chi connectivity index (χ0) is 20.3. The fourth-order valence-corrected chi connectivity index (χ4v) is 3.55. The van der Waals surface area contributed by atoms with E-state index >= 15 is 0 Å². The first-order chi connectivity index (χ1) is 14.8. The van der Waals surface area contributed by atoms with Gasteiger partial charge in [0.15, 0.2) is 5.75 Å². The maximum atomic E-state index is 5.94. The number of rotatable bonds is 5. The van der Waals surface area contributed by atoms with E-state index in [1.165, 1.54) is 11.1 Å². The van der Waals surface area contributed by atoms with Crippen LogP contribution in [0.3, 0.4) is 0 Å². The van der Waals surface area contributed by atoms with Gasteiger partial charge < -0.3 is 20.1 Å². The third kappa shape index (κ3) is 3.59. The molecule has 30 heavy (non-hydrogen) atoms. The van der Waals surface area contributed by atoms with E-state index in [9.17, 15) is 0 Å². The molecule has 3 aromatic carbocycles. The van der Waals surface area contributed by atoms with Crippen LogP contribution in [0.5, 0.6) is 11.5 Å². The van der Waals surface area contributed by atoms with Crippen molar-refractivity contribution in [1.29, 1.82) is 0 Å². The highest BCUT2D eigenvalue weighted by Gasteiger charge is 2.17. The maximum Gasteiger partial charge on any atom is 0.155 e. The summed E-state index contributed by atoms with van der Waals surface area (Å²) in [5, 5.41) is 7.63. The zero-order valence-corrected chi connectivity index (χ0v) is 16.7. The van der Waals surface area contributed by atoms with Crippen molar-refractivity contribution in [3.8, 4) is 11.5 Å². The summed E-state index contributed by atoms with van der Waals surface area (Å²) in [5.74, 6) is 2.33. The standard InChI is InChI=1S/C24H22N4O2/c1-16-4-2-3-5-17(16)14-30-19-8-6-18(7-9-19)28-24-22-20(26-15-27-24)10-11-21-23(22)29-13-12-25-21/h2-11,15,25H,12-14H2,1H3,(H,26,27,28). The predicted molar refractivity (Wildman–Crippen MR) is 119 cm³/mol. The first-order valence-corrected chi connectivity index (χ1v) is 9.97. The molecule has 0 bridgehead atoms. The van der Waals surface area contributed by atoms with Gasteiger partial charge >= 0.3 is 0 Å². The van der Waals surface area contributed by atoms with Crippen molar-refractivity contribution < 1.29 is 9.47 Å². The lowest BCUT2D eigenvalue weighted by Crippen LogP contribution is -2.18. The normalized spacial score (nSPS) is 12.6. The van der Waals surface area contributed by atoms with Crippen LogP contribution in [0.15, 0.2) is 67.0 Å². The molecule has 0 saturated heterocycles. The van der Waals surface area contributed by atoms with Gasteiger partial charge in [-0.1, -0.05) is 24.3 Å². The summed E-state index contributed by atoms with van der Waals surface area (Å²) in [7, 11) is 0. The summed E-state index contributed by atoms with van der Waals surface area (Å²) in [5.41, 5.74) is 5.14. The first-order valence-electron chi connectivity index (χ1n) is 9.97. The Morgan fingerprint density at radius 2 is 1.90 bits per heavy atom. The van der Waals surface area contributed by atoms with E-state index in [2.05, 4.69) is 39.7 Å². The van der Waals surface area contributed by atoms with Crippen LogP contribution < -0.4 is 20.1 Å². The van der Waals surface area contributed by atoms with Crippen LogP contribution in [0.4, 0.5) is 17.2 Å². The Morgan fingerprint density at radius 1 is 1.03 bits per heavy atom. The van der Waals surface area contributed by atoms with Gasteiger partial charge in [0.05, 0.1) is 16.6 Å². The summed E-state index contributed by atoms with van der Waals surface area (Å²) in [6, 6.07) is 20.1. The third-order valence-electron chi connectivity index (χ3n) is 5.19. The van der Waals surface area contributed by atoms with E-state index in [0.717, 1.165) is 40.3 Å². The van der Waals surface area contributed by atoms with Crippen LogP contribution in [-0.2, 0) is 6.61 Å². The van der Waals surface area contributed by atoms with Crippen molar-refractivity contribution in [2.24, 2.45) is 0 Å². The molecule has 150 valence electrons. The quantitative estimate of drug-likeness (QED) is 0.489. The number of aromatic nitrogens is 2. The van der Waals surface area contributed by atoms with Gasteiger partial charge in [0.25, 0.3) is 0 Å². The first kappa shape index (κ1) is 18.2. The van der Waals surface area contributed by atoms with E-state index in [0.29, 0.717) is 19.0 Å². The number of hydrogen-bond acceptors (Lipinski definition) is 6. The summed E-state index contributed by atoms with van der Waals surface area (Å²) < 4.78 is 11.9. The highest BCUT2D eigenvalue weighted by molar-refractivity contribution is 5.99. The number of benzene rings is 3. The number of nitrogens with one attached hydrogen (secondary N) is 2. The van der Waals surface area contributed by atoms with E-state index in [-0.39, 0.29) is 0 Å². The lowest BCUT2D eigenvalue weighted by atomic mass is 10.1. The van der Waals surface area contributed by atoms with Crippen molar-refractivity contribution in [2.45, 2.75) is 13.5 Å². The van der Waals surface area contributed by atoms with Crippen LogP contribution in [-0.4, -0.2) is 23.1 Å². The van der Waals surface area contributed by atoms with Gasteiger partial charge in [-0.3, -0.25) is 0 Å². The SMILES string of the molecule is Cc1ccccc1COc1ccc(Nc2ncnc3ccc4c(c23)OCCN4)cc1. The number of aryl methyl sites for hydroxylation is 1. The number of ether oxygens (including phenoxy) is 2. The molecular weight excluding hydrogens is 376 g/mol. The van der Waals surface area contributed by atoms with Crippen LogP contribution in [0, 0.1) is 6.92 Å². The molecule has 6 nitrogen and oxygen atoms in total. The molecule has 2 heterocycles. The third-order valence-corrected chi connectivity index (χ3v) is 5.19. The molecule has 0 fully saturated rings. The molecule has 0 amide bonds. The predicted octanol–water partition coefficient (Wildman–Crippen LogP) is 5.07. The van der Waals surface area contributed by atoms with Crippen LogP contribution in [0.25, 0.3) is 10.9 Å².